The van der Waals surface area contributed by atoms with Gasteiger partial charge in [0.05, 0.1) is 0 Å². The van der Waals surface area contributed by atoms with Crippen molar-refractivity contribution in [2.24, 2.45) is 0 Å². The van der Waals surface area contributed by atoms with E-state index < -0.39 is 0 Å². The lowest BCUT2D eigenvalue weighted by Gasteiger charge is -2.31. The third-order valence-corrected chi connectivity index (χ3v) is 7.32. The maximum Gasteiger partial charge on any atom is 0.167 e. The highest BCUT2D eigenvalue weighted by Crippen LogP contribution is 2.27. The zero-order chi connectivity index (χ0) is 23.6. The van der Waals surface area contributed by atoms with Gasteiger partial charge in [-0.15, -0.1) is 0 Å². The molecule has 0 rings (SSSR count). The Morgan fingerprint density at radius 2 is 0.562 bits per heavy atom. The molecule has 0 saturated heterocycles. The van der Waals surface area contributed by atoms with Crippen LogP contribution in [0.3, 0.4) is 0 Å². The molecular weight excluding hydrogens is 392 g/mol. The van der Waals surface area contributed by atoms with Crippen molar-refractivity contribution >= 4 is 0 Å². The first-order valence-electron chi connectivity index (χ1n) is 14.8. The molecule has 0 saturated carbocycles. The number of hydrogen-bond donors (Lipinski definition) is 0. The van der Waals surface area contributed by atoms with Gasteiger partial charge in [0.25, 0.3) is 0 Å². The van der Waals surface area contributed by atoms with E-state index in [1.807, 2.05) is 14.2 Å². The zero-order valence-electron chi connectivity index (χ0n) is 23.0. The van der Waals surface area contributed by atoms with E-state index >= 15 is 0 Å². The predicted molar refractivity (Wildman–Crippen MR) is 144 cm³/mol. The highest BCUT2D eigenvalue weighted by molar-refractivity contribution is 4.70. The molecule has 0 aliphatic rings. The molecule has 0 atom stereocenters. The van der Waals surface area contributed by atoms with E-state index in [9.17, 15) is 0 Å². The summed E-state index contributed by atoms with van der Waals surface area (Å²) in [5.74, 6) is -0.334. The standard InChI is InChI=1S/C30H62O2/c1-5-7-9-11-13-14-15-16-17-18-19-20-21-23-25-27-29-30(31-3,32-4)28-26-24-22-12-10-8-6-2/h5-29H2,1-4H3. The predicted octanol–water partition coefficient (Wildman–Crippen LogP) is 10.8. The SMILES string of the molecule is CCCCCCCCCCCCCCCCCCC(CCCCCCCCC)(OC)OC. The minimum Gasteiger partial charge on any atom is -0.353 e. The Bertz CT molecular complexity index is 338. The summed E-state index contributed by atoms with van der Waals surface area (Å²) in [6.07, 6.45) is 34.2. The van der Waals surface area contributed by atoms with Crippen molar-refractivity contribution in [1.82, 2.24) is 0 Å². The molecule has 2 nitrogen and oxygen atoms in total. The summed E-state index contributed by atoms with van der Waals surface area (Å²) in [6, 6.07) is 0. The zero-order valence-corrected chi connectivity index (χ0v) is 23.0. The topological polar surface area (TPSA) is 18.5 Å². The summed E-state index contributed by atoms with van der Waals surface area (Å²) < 4.78 is 11.7. The Labute approximate surface area is 204 Å². The molecule has 0 N–H and O–H groups in total. The number of rotatable bonds is 27. The third-order valence-electron chi connectivity index (χ3n) is 7.32. The summed E-state index contributed by atoms with van der Waals surface area (Å²) in [5.41, 5.74) is 0. The lowest BCUT2D eigenvalue weighted by atomic mass is 9.98. The van der Waals surface area contributed by atoms with Gasteiger partial charge in [-0.1, -0.05) is 149 Å². The van der Waals surface area contributed by atoms with Crippen molar-refractivity contribution in [2.45, 2.75) is 180 Å². The Morgan fingerprint density at radius 1 is 0.344 bits per heavy atom. The van der Waals surface area contributed by atoms with Gasteiger partial charge in [-0.2, -0.15) is 0 Å². The van der Waals surface area contributed by atoms with Crippen LogP contribution in [0.15, 0.2) is 0 Å². The first kappa shape index (κ1) is 31.9. The Kier molecular flexibility index (Phi) is 25.5. The van der Waals surface area contributed by atoms with Gasteiger partial charge in [0, 0.05) is 27.1 Å². The molecule has 0 amide bonds. The minimum atomic E-state index is -0.334. The quantitative estimate of drug-likeness (QED) is 0.0907. The first-order chi connectivity index (χ1) is 15.7. The molecule has 0 aliphatic carbocycles. The molecule has 0 aromatic rings. The monoisotopic (exact) mass is 454 g/mol. The molecule has 0 unspecified atom stereocenters. The van der Waals surface area contributed by atoms with E-state index in [1.165, 1.54) is 148 Å². The lowest BCUT2D eigenvalue weighted by Crippen LogP contribution is -2.33. The van der Waals surface area contributed by atoms with Crippen LogP contribution in [0.25, 0.3) is 0 Å². The van der Waals surface area contributed by atoms with Crippen LogP contribution in [0, 0.1) is 0 Å². The molecule has 0 radical (unpaired) electrons. The molecule has 0 spiro atoms. The van der Waals surface area contributed by atoms with Crippen LogP contribution in [-0.4, -0.2) is 20.0 Å². The highest BCUT2D eigenvalue weighted by Gasteiger charge is 2.28. The number of methoxy groups -OCH3 is 2. The molecule has 0 bridgehead atoms. The van der Waals surface area contributed by atoms with Crippen LogP contribution >= 0.6 is 0 Å². The second-order valence-corrected chi connectivity index (χ2v) is 10.2. The molecule has 0 aromatic carbocycles. The fourth-order valence-corrected chi connectivity index (χ4v) is 4.91. The number of ether oxygens (including phenoxy) is 2. The van der Waals surface area contributed by atoms with Gasteiger partial charge >= 0.3 is 0 Å². The van der Waals surface area contributed by atoms with E-state index in [2.05, 4.69) is 13.8 Å². The van der Waals surface area contributed by atoms with Crippen molar-refractivity contribution in [2.75, 3.05) is 14.2 Å². The second-order valence-electron chi connectivity index (χ2n) is 10.2. The maximum atomic E-state index is 5.83. The van der Waals surface area contributed by atoms with Crippen molar-refractivity contribution in [1.29, 1.82) is 0 Å². The maximum absolute atomic E-state index is 5.83. The average molecular weight is 455 g/mol. The summed E-state index contributed by atoms with van der Waals surface area (Å²) in [7, 11) is 3.66. The van der Waals surface area contributed by atoms with E-state index in [-0.39, 0.29) is 5.79 Å². The molecule has 2 heteroatoms. The molecule has 0 heterocycles. The second kappa shape index (κ2) is 25.5. The Balaban J connectivity index is 3.51. The third kappa shape index (κ3) is 20.5. The van der Waals surface area contributed by atoms with Gasteiger partial charge in [-0.05, 0) is 12.8 Å². The van der Waals surface area contributed by atoms with Crippen LogP contribution in [0.4, 0.5) is 0 Å². The summed E-state index contributed by atoms with van der Waals surface area (Å²) >= 11 is 0. The lowest BCUT2D eigenvalue weighted by molar-refractivity contribution is -0.216. The smallest absolute Gasteiger partial charge is 0.167 e. The van der Waals surface area contributed by atoms with E-state index in [1.54, 1.807) is 0 Å². The van der Waals surface area contributed by atoms with E-state index in [4.69, 9.17) is 9.47 Å². The molecule has 32 heavy (non-hydrogen) atoms. The van der Waals surface area contributed by atoms with E-state index in [0.717, 1.165) is 12.8 Å². The minimum absolute atomic E-state index is 0.334. The van der Waals surface area contributed by atoms with Gasteiger partial charge in [0.15, 0.2) is 5.79 Å². The Morgan fingerprint density at radius 3 is 0.781 bits per heavy atom. The molecule has 0 fully saturated rings. The normalized spacial score (nSPS) is 12.0. The summed E-state index contributed by atoms with van der Waals surface area (Å²) in [5, 5.41) is 0. The van der Waals surface area contributed by atoms with Crippen molar-refractivity contribution < 1.29 is 9.47 Å². The molecule has 0 aliphatic heterocycles. The van der Waals surface area contributed by atoms with Crippen molar-refractivity contribution in [3.8, 4) is 0 Å². The van der Waals surface area contributed by atoms with Crippen molar-refractivity contribution in [3.63, 3.8) is 0 Å². The van der Waals surface area contributed by atoms with Crippen LogP contribution < -0.4 is 0 Å². The summed E-state index contributed by atoms with van der Waals surface area (Å²) in [6.45, 7) is 4.58. The van der Waals surface area contributed by atoms with Gasteiger partial charge in [-0.25, -0.2) is 0 Å². The first-order valence-corrected chi connectivity index (χ1v) is 14.8. The van der Waals surface area contributed by atoms with Gasteiger partial charge < -0.3 is 9.47 Å². The van der Waals surface area contributed by atoms with E-state index in [0.29, 0.717) is 0 Å². The average Bonchev–Trinajstić information content (AvgIpc) is 2.82. The molecule has 194 valence electrons. The van der Waals surface area contributed by atoms with Crippen LogP contribution in [-0.2, 0) is 9.47 Å². The van der Waals surface area contributed by atoms with Gasteiger partial charge in [0.2, 0.25) is 0 Å². The number of hydrogen-bond acceptors (Lipinski definition) is 2. The Hall–Kier alpha value is -0.0800. The highest BCUT2D eigenvalue weighted by atomic mass is 16.7. The molecular formula is C30H62O2. The number of unbranched alkanes of at least 4 members (excludes halogenated alkanes) is 21. The van der Waals surface area contributed by atoms with Gasteiger partial charge in [-0.3, -0.25) is 0 Å². The van der Waals surface area contributed by atoms with Gasteiger partial charge in [0.1, 0.15) is 0 Å². The van der Waals surface area contributed by atoms with Crippen molar-refractivity contribution in [3.05, 3.63) is 0 Å². The fraction of sp³-hybridized carbons (Fsp3) is 1.00. The fourth-order valence-electron chi connectivity index (χ4n) is 4.91. The largest absolute Gasteiger partial charge is 0.353 e. The molecule has 0 aromatic heterocycles. The van der Waals surface area contributed by atoms with Crippen LogP contribution in [0.5, 0.6) is 0 Å². The summed E-state index contributed by atoms with van der Waals surface area (Å²) in [4.78, 5) is 0. The van der Waals surface area contributed by atoms with Crippen LogP contribution in [0.2, 0.25) is 0 Å². The van der Waals surface area contributed by atoms with Crippen LogP contribution in [0.1, 0.15) is 174 Å².